The topological polar surface area (TPSA) is 37.3 Å². The molecule has 0 radical (unpaired) electrons. The Morgan fingerprint density at radius 3 is 1.09 bits per heavy atom. The van der Waals surface area contributed by atoms with Crippen molar-refractivity contribution in [3.63, 3.8) is 0 Å². The molecule has 0 fully saturated rings. The number of carboxylic acids is 1. The summed E-state index contributed by atoms with van der Waals surface area (Å²) in [6.45, 7) is 0. The number of alkyl halides is 13. The van der Waals surface area contributed by atoms with Crippen molar-refractivity contribution in [1.82, 2.24) is 0 Å². The summed E-state index contributed by atoms with van der Waals surface area (Å²) in [4.78, 5) is 9.67. The van der Waals surface area contributed by atoms with Gasteiger partial charge in [-0.15, -0.1) is 0 Å². The molecule has 0 spiro atoms. The first-order chi connectivity index (χ1) is 9.19. The molecule has 1 N–H and O–H groups in total. The quantitative estimate of drug-likeness (QED) is 0.562. The molecule has 2 nitrogen and oxygen atoms in total. The summed E-state index contributed by atoms with van der Waals surface area (Å²) < 4.78 is 159. The number of aliphatic carboxylic acids is 1. The van der Waals surface area contributed by atoms with Crippen LogP contribution in [0.2, 0.25) is 0 Å². The van der Waals surface area contributed by atoms with Crippen molar-refractivity contribution in [2.75, 3.05) is 0 Å². The van der Waals surface area contributed by atoms with Crippen molar-refractivity contribution < 1.29 is 98.0 Å². The molecule has 0 heterocycles. The van der Waals surface area contributed by atoms with E-state index in [1.54, 1.807) is 0 Å². The Hall–Kier alpha value is -0.440. The van der Waals surface area contributed by atoms with Crippen LogP contribution in [-0.4, -0.2) is 46.9 Å². The Balaban J connectivity index is -0.00000220. The monoisotopic (exact) mass is 388 g/mol. The van der Waals surface area contributed by atoms with Crippen molar-refractivity contribution in [3.8, 4) is 0 Å². The summed E-state index contributed by atoms with van der Waals surface area (Å²) in [5.41, 5.74) is 0. The number of carboxylic acid groups (broad SMARTS) is 1. The maximum absolute atomic E-state index is 12.6. The molecule has 0 saturated heterocycles. The van der Waals surface area contributed by atoms with Gasteiger partial charge in [-0.25, -0.2) is 4.79 Å². The van der Waals surface area contributed by atoms with E-state index in [1.807, 2.05) is 0 Å². The first-order valence-electron chi connectivity index (χ1n) is 4.38. The Morgan fingerprint density at radius 1 is 0.609 bits per heavy atom. The van der Waals surface area contributed by atoms with Crippen molar-refractivity contribution >= 4 is 5.97 Å². The van der Waals surface area contributed by atoms with E-state index in [1.165, 1.54) is 0 Å². The van der Waals surface area contributed by atoms with Crippen LogP contribution in [0.25, 0.3) is 0 Å². The molecule has 0 aliphatic rings. The Labute approximate surface area is 140 Å². The largest absolute Gasteiger partial charge is 1.00 e. The van der Waals surface area contributed by atoms with Crippen LogP contribution in [0.3, 0.4) is 0 Å². The van der Waals surface area contributed by atoms with Crippen LogP contribution in [0, 0.1) is 0 Å². The van der Waals surface area contributed by atoms with Gasteiger partial charge in [-0.1, -0.05) is 0 Å². The van der Waals surface area contributed by atoms with Gasteiger partial charge in [-0.3, -0.25) is 0 Å². The average Bonchev–Trinajstić information content (AvgIpc) is 2.25. The van der Waals surface area contributed by atoms with E-state index in [4.69, 9.17) is 5.11 Å². The average molecular weight is 388 g/mol. The van der Waals surface area contributed by atoms with E-state index in [0.29, 0.717) is 0 Å². The van der Waals surface area contributed by atoms with E-state index in [9.17, 15) is 61.9 Å². The predicted octanol–water partition coefficient (Wildman–Crippen LogP) is 0.926. The van der Waals surface area contributed by atoms with Crippen LogP contribution in [0.4, 0.5) is 57.1 Å². The molecule has 16 heteroatoms. The minimum absolute atomic E-state index is 0. The summed E-state index contributed by atoms with van der Waals surface area (Å²) in [6.07, 6.45) is -7.52. The Morgan fingerprint density at radius 2 is 0.870 bits per heavy atom. The van der Waals surface area contributed by atoms with Crippen molar-refractivity contribution in [2.45, 2.75) is 35.8 Å². The van der Waals surface area contributed by atoms with Crippen LogP contribution in [0.5, 0.6) is 0 Å². The standard InChI is InChI=1S/C7HF13O2.Na.H/c8-2(9,1(21)22)3(10,11)4(12,13)5(14,15)6(16,17)7(18,19)20;;/h(H,21,22);;/q;+1;-1. The minimum Gasteiger partial charge on any atom is -1.00 e. The maximum Gasteiger partial charge on any atom is 1.00 e. The minimum atomic E-state index is -8.08. The molecule has 0 aromatic heterocycles. The fraction of sp³-hybridized carbons (Fsp3) is 0.857. The number of halogens is 13. The fourth-order valence-corrected chi connectivity index (χ4v) is 0.904. The van der Waals surface area contributed by atoms with Crippen LogP contribution >= 0.6 is 0 Å². The first-order valence-corrected chi connectivity index (χ1v) is 4.38. The molecule has 0 aliphatic heterocycles. The van der Waals surface area contributed by atoms with E-state index < -0.39 is 41.8 Å². The van der Waals surface area contributed by atoms with E-state index in [-0.39, 0.29) is 31.0 Å². The zero-order chi connectivity index (χ0) is 18.6. The summed E-state index contributed by atoms with van der Waals surface area (Å²) in [6, 6.07) is 0. The molecular formula is C7H2F13NaO2. The van der Waals surface area contributed by atoms with Crippen LogP contribution < -0.4 is 29.6 Å². The van der Waals surface area contributed by atoms with Gasteiger partial charge in [0.15, 0.2) is 0 Å². The predicted molar refractivity (Wildman–Crippen MR) is 39.5 cm³/mol. The molecule has 0 rings (SSSR count). The summed E-state index contributed by atoms with van der Waals surface area (Å²) in [5, 5.41) is 7.55. The zero-order valence-electron chi connectivity index (χ0n) is 11.3. The second-order valence-corrected chi connectivity index (χ2v) is 3.67. The van der Waals surface area contributed by atoms with Crippen LogP contribution in [0.15, 0.2) is 0 Å². The third-order valence-electron chi connectivity index (χ3n) is 2.20. The second-order valence-electron chi connectivity index (χ2n) is 3.67. The molecule has 0 aliphatic carbocycles. The number of hydrogen-bond acceptors (Lipinski definition) is 1. The molecule has 0 amide bonds. The van der Waals surface area contributed by atoms with Gasteiger partial charge >= 0.3 is 71.3 Å². The van der Waals surface area contributed by atoms with Gasteiger partial charge in [-0.2, -0.15) is 57.1 Å². The normalized spacial score (nSPS) is 15.2. The van der Waals surface area contributed by atoms with Crippen LogP contribution in [0.1, 0.15) is 1.43 Å². The van der Waals surface area contributed by atoms with Crippen LogP contribution in [-0.2, 0) is 4.79 Å². The molecule has 0 bridgehead atoms. The van der Waals surface area contributed by atoms with Gasteiger partial charge in [0.1, 0.15) is 0 Å². The SMILES string of the molecule is O=C(O)C(F)(F)C(F)(F)C(F)(F)C(F)(F)C(F)(F)C(F)(F)F.[H-].[Na+]. The molecule has 0 unspecified atom stereocenters. The van der Waals surface area contributed by atoms with Gasteiger partial charge in [-0.05, 0) is 0 Å². The number of hydrogen-bond donors (Lipinski definition) is 1. The molecule has 0 aromatic rings. The van der Waals surface area contributed by atoms with Gasteiger partial charge in [0.05, 0.1) is 0 Å². The van der Waals surface area contributed by atoms with E-state index in [2.05, 4.69) is 0 Å². The van der Waals surface area contributed by atoms with Gasteiger partial charge in [0.25, 0.3) is 0 Å². The first kappa shape index (κ1) is 24.8. The second kappa shape index (κ2) is 6.13. The molecule has 0 atom stereocenters. The molecule has 23 heavy (non-hydrogen) atoms. The third kappa shape index (κ3) is 3.23. The number of rotatable bonds is 5. The van der Waals surface area contributed by atoms with Gasteiger partial charge < -0.3 is 6.53 Å². The molecule has 134 valence electrons. The Bertz CT molecular complexity index is 460. The van der Waals surface area contributed by atoms with E-state index >= 15 is 0 Å². The van der Waals surface area contributed by atoms with Gasteiger partial charge in [0, 0.05) is 0 Å². The van der Waals surface area contributed by atoms with Crippen molar-refractivity contribution in [3.05, 3.63) is 0 Å². The summed E-state index contributed by atoms with van der Waals surface area (Å²) in [5.74, 6) is -43.0. The van der Waals surface area contributed by atoms with Crippen molar-refractivity contribution in [2.24, 2.45) is 0 Å². The summed E-state index contributed by atoms with van der Waals surface area (Å²) >= 11 is 0. The maximum atomic E-state index is 12.6. The molecule has 0 saturated carbocycles. The van der Waals surface area contributed by atoms with Crippen molar-refractivity contribution in [1.29, 1.82) is 0 Å². The third-order valence-corrected chi connectivity index (χ3v) is 2.20. The molecule has 0 aromatic carbocycles. The zero-order valence-corrected chi connectivity index (χ0v) is 12.3. The summed E-state index contributed by atoms with van der Waals surface area (Å²) in [7, 11) is 0. The fourth-order valence-electron chi connectivity index (χ4n) is 0.904. The van der Waals surface area contributed by atoms with E-state index in [0.717, 1.165) is 0 Å². The number of carbonyl (C=O) groups is 1. The smallest absolute Gasteiger partial charge is 1.00 e. The Kier molecular flexibility index (Phi) is 6.61. The van der Waals surface area contributed by atoms with Gasteiger partial charge in [0.2, 0.25) is 0 Å². The molecular weight excluding hydrogens is 386 g/mol.